The molecule has 1 aromatic heterocycles. The zero-order valence-electron chi connectivity index (χ0n) is 16.4. The predicted octanol–water partition coefficient (Wildman–Crippen LogP) is 5.65. The van der Waals surface area contributed by atoms with Crippen molar-refractivity contribution in [1.82, 2.24) is 4.98 Å². The number of benzene rings is 3. The van der Waals surface area contributed by atoms with Crippen molar-refractivity contribution >= 4 is 28.1 Å². The number of rotatable bonds is 6. The van der Waals surface area contributed by atoms with Gasteiger partial charge in [0.15, 0.2) is 5.13 Å². The van der Waals surface area contributed by atoms with E-state index < -0.39 is 4.92 Å². The second-order valence-electron chi connectivity index (χ2n) is 6.55. The van der Waals surface area contributed by atoms with Crippen molar-refractivity contribution in [2.75, 3.05) is 12.4 Å². The number of methoxy groups -OCH3 is 1. The molecule has 1 amide bonds. The Bertz CT molecular complexity index is 1220. The molecule has 0 aliphatic heterocycles. The van der Waals surface area contributed by atoms with Crippen LogP contribution in [0.15, 0.2) is 78.9 Å². The second-order valence-corrected chi connectivity index (χ2v) is 7.55. The summed E-state index contributed by atoms with van der Waals surface area (Å²) >= 11 is 1.37. The van der Waals surface area contributed by atoms with Gasteiger partial charge in [-0.1, -0.05) is 41.7 Å². The minimum absolute atomic E-state index is 0.0704. The quantitative estimate of drug-likeness (QED) is 0.315. The molecular weight excluding hydrogens is 414 g/mol. The average molecular weight is 431 g/mol. The molecule has 0 spiro atoms. The summed E-state index contributed by atoms with van der Waals surface area (Å²) in [5, 5.41) is 14.1. The maximum atomic E-state index is 12.6. The first kappa shape index (κ1) is 20.2. The molecule has 1 heterocycles. The fourth-order valence-corrected chi connectivity index (χ4v) is 4.00. The van der Waals surface area contributed by atoms with E-state index in [-0.39, 0.29) is 11.6 Å². The van der Waals surface area contributed by atoms with Gasteiger partial charge in [0.05, 0.1) is 22.6 Å². The van der Waals surface area contributed by atoms with Gasteiger partial charge < -0.3 is 4.74 Å². The molecule has 0 saturated heterocycles. The number of amides is 1. The molecule has 4 aromatic rings. The lowest BCUT2D eigenvalue weighted by atomic mass is 10.1. The van der Waals surface area contributed by atoms with Crippen molar-refractivity contribution in [3.63, 3.8) is 0 Å². The Morgan fingerprint density at radius 1 is 0.968 bits per heavy atom. The maximum absolute atomic E-state index is 12.6. The molecule has 0 fully saturated rings. The highest BCUT2D eigenvalue weighted by molar-refractivity contribution is 7.19. The van der Waals surface area contributed by atoms with Crippen LogP contribution < -0.4 is 10.1 Å². The van der Waals surface area contributed by atoms with Crippen molar-refractivity contribution in [1.29, 1.82) is 0 Å². The van der Waals surface area contributed by atoms with Crippen LogP contribution in [0.1, 0.15) is 10.4 Å². The van der Waals surface area contributed by atoms with Crippen molar-refractivity contribution in [2.24, 2.45) is 0 Å². The lowest BCUT2D eigenvalue weighted by Crippen LogP contribution is -2.11. The first-order valence-electron chi connectivity index (χ1n) is 9.31. The van der Waals surface area contributed by atoms with Crippen LogP contribution in [0, 0.1) is 10.1 Å². The van der Waals surface area contributed by atoms with Crippen LogP contribution in [0.4, 0.5) is 10.8 Å². The first-order chi connectivity index (χ1) is 15.0. The van der Waals surface area contributed by atoms with E-state index in [2.05, 4.69) is 10.3 Å². The summed E-state index contributed by atoms with van der Waals surface area (Å²) < 4.78 is 5.23. The molecule has 0 aliphatic rings. The third-order valence-electron chi connectivity index (χ3n) is 4.59. The molecule has 3 aromatic carbocycles. The highest BCUT2D eigenvalue weighted by Crippen LogP contribution is 2.39. The number of anilines is 1. The summed E-state index contributed by atoms with van der Waals surface area (Å²) in [6.45, 7) is 0. The van der Waals surface area contributed by atoms with Gasteiger partial charge in [-0.25, -0.2) is 4.98 Å². The fourth-order valence-electron chi connectivity index (χ4n) is 3.01. The standard InChI is InChI=1S/C23H17N3O4S/c1-30-19-13-9-15(10-14-19)20-21(16-5-3-2-4-6-16)31-23(24-20)25-22(27)17-7-11-18(12-8-17)26(28)29/h2-14H,1H3,(H,24,25,27). The number of carbonyl (C=O) groups excluding carboxylic acids is 1. The van der Waals surface area contributed by atoms with Gasteiger partial charge in [0.2, 0.25) is 0 Å². The SMILES string of the molecule is COc1ccc(-c2nc(NC(=O)c3ccc([N+](=O)[O-])cc3)sc2-c2ccccc2)cc1. The molecule has 8 heteroatoms. The van der Waals surface area contributed by atoms with Gasteiger partial charge in [-0.3, -0.25) is 20.2 Å². The number of ether oxygens (including phenoxy) is 1. The lowest BCUT2D eigenvalue weighted by molar-refractivity contribution is -0.384. The van der Waals surface area contributed by atoms with Gasteiger partial charge in [0, 0.05) is 23.3 Å². The molecule has 0 atom stereocenters. The average Bonchev–Trinajstić information content (AvgIpc) is 3.23. The Morgan fingerprint density at radius 3 is 2.26 bits per heavy atom. The number of nitro benzene ring substituents is 1. The highest BCUT2D eigenvalue weighted by atomic mass is 32.1. The van der Waals surface area contributed by atoms with Gasteiger partial charge in [0.25, 0.3) is 11.6 Å². The normalized spacial score (nSPS) is 10.5. The Balaban J connectivity index is 1.67. The predicted molar refractivity (Wildman–Crippen MR) is 121 cm³/mol. The third-order valence-corrected chi connectivity index (χ3v) is 5.61. The van der Waals surface area contributed by atoms with Crippen LogP contribution in [-0.4, -0.2) is 22.9 Å². The molecule has 4 rings (SSSR count). The third kappa shape index (κ3) is 4.44. The summed E-state index contributed by atoms with van der Waals surface area (Å²) in [6, 6.07) is 22.8. The van der Waals surface area contributed by atoms with Gasteiger partial charge >= 0.3 is 0 Å². The second kappa shape index (κ2) is 8.76. The van der Waals surface area contributed by atoms with Gasteiger partial charge in [-0.2, -0.15) is 0 Å². The zero-order valence-corrected chi connectivity index (χ0v) is 17.3. The number of carbonyl (C=O) groups is 1. The van der Waals surface area contributed by atoms with Crippen molar-refractivity contribution < 1.29 is 14.5 Å². The highest BCUT2D eigenvalue weighted by Gasteiger charge is 2.17. The van der Waals surface area contributed by atoms with Crippen LogP contribution in [0.25, 0.3) is 21.7 Å². The van der Waals surface area contributed by atoms with Gasteiger partial charge in [-0.15, -0.1) is 0 Å². The molecule has 0 aliphatic carbocycles. The van der Waals surface area contributed by atoms with E-state index in [0.29, 0.717) is 10.7 Å². The molecule has 0 bridgehead atoms. The van der Waals surface area contributed by atoms with E-state index in [1.165, 1.54) is 35.6 Å². The molecule has 154 valence electrons. The van der Waals surface area contributed by atoms with Gasteiger partial charge in [0.1, 0.15) is 5.75 Å². The summed E-state index contributed by atoms with van der Waals surface area (Å²) in [5.41, 5.74) is 2.87. The molecular formula is C23H17N3O4S. The smallest absolute Gasteiger partial charge is 0.269 e. The number of nitro groups is 1. The Labute approximate surface area is 182 Å². The number of hydrogen-bond donors (Lipinski definition) is 1. The Morgan fingerprint density at radius 2 is 1.65 bits per heavy atom. The molecule has 7 nitrogen and oxygen atoms in total. The van der Waals surface area contributed by atoms with E-state index in [9.17, 15) is 14.9 Å². The van der Waals surface area contributed by atoms with Crippen LogP contribution in [0.5, 0.6) is 5.75 Å². The number of hydrogen-bond acceptors (Lipinski definition) is 6. The van der Waals surface area contributed by atoms with Crippen molar-refractivity contribution in [3.05, 3.63) is 94.5 Å². The molecule has 0 unspecified atom stereocenters. The number of nitrogens with zero attached hydrogens (tertiary/aromatic N) is 2. The summed E-state index contributed by atoms with van der Waals surface area (Å²) in [4.78, 5) is 28.5. The minimum atomic E-state index is -0.504. The molecule has 0 radical (unpaired) electrons. The number of thiazole rings is 1. The summed E-state index contributed by atoms with van der Waals surface area (Å²) in [7, 11) is 1.61. The van der Waals surface area contributed by atoms with Crippen LogP contribution in [0.3, 0.4) is 0 Å². The Hall–Kier alpha value is -4.04. The lowest BCUT2D eigenvalue weighted by Gasteiger charge is -2.04. The maximum Gasteiger partial charge on any atom is 0.269 e. The molecule has 1 N–H and O–H groups in total. The van der Waals surface area contributed by atoms with Crippen LogP contribution in [0.2, 0.25) is 0 Å². The van der Waals surface area contributed by atoms with E-state index in [4.69, 9.17) is 4.74 Å². The van der Waals surface area contributed by atoms with Crippen LogP contribution in [-0.2, 0) is 0 Å². The van der Waals surface area contributed by atoms with E-state index >= 15 is 0 Å². The van der Waals surface area contributed by atoms with Crippen molar-refractivity contribution in [2.45, 2.75) is 0 Å². The van der Waals surface area contributed by atoms with E-state index in [1.54, 1.807) is 7.11 Å². The summed E-state index contributed by atoms with van der Waals surface area (Å²) in [5.74, 6) is 0.358. The van der Waals surface area contributed by atoms with Crippen LogP contribution >= 0.6 is 11.3 Å². The first-order valence-corrected chi connectivity index (χ1v) is 10.1. The number of non-ortho nitro benzene ring substituents is 1. The zero-order chi connectivity index (χ0) is 21.8. The summed E-state index contributed by atoms with van der Waals surface area (Å²) in [6.07, 6.45) is 0. The van der Waals surface area contributed by atoms with E-state index in [1.807, 2.05) is 54.6 Å². The van der Waals surface area contributed by atoms with E-state index in [0.717, 1.165) is 27.4 Å². The minimum Gasteiger partial charge on any atom is -0.497 e. The molecule has 31 heavy (non-hydrogen) atoms. The van der Waals surface area contributed by atoms with Gasteiger partial charge in [-0.05, 0) is 42.0 Å². The monoisotopic (exact) mass is 431 g/mol. The molecule has 0 saturated carbocycles. The van der Waals surface area contributed by atoms with Crippen molar-refractivity contribution in [3.8, 4) is 27.4 Å². The number of aromatic nitrogens is 1. The largest absolute Gasteiger partial charge is 0.497 e. The topological polar surface area (TPSA) is 94.4 Å². The Kier molecular flexibility index (Phi) is 5.72. The fraction of sp³-hybridized carbons (Fsp3) is 0.0435. The number of nitrogens with one attached hydrogen (secondary N) is 1.